The molecule has 0 aromatic heterocycles. The van der Waals surface area contributed by atoms with Crippen LogP contribution in [0.15, 0.2) is 12.2 Å². The lowest BCUT2D eigenvalue weighted by Gasteiger charge is -2.25. The van der Waals surface area contributed by atoms with Gasteiger partial charge in [0.1, 0.15) is 0 Å². The highest BCUT2D eigenvalue weighted by Crippen LogP contribution is 2.40. The van der Waals surface area contributed by atoms with Crippen molar-refractivity contribution in [3.63, 3.8) is 0 Å². The Morgan fingerprint density at radius 2 is 1.89 bits per heavy atom. The number of sulfonamides is 1. The fourth-order valence-corrected chi connectivity index (χ4v) is 5.93. The summed E-state index contributed by atoms with van der Waals surface area (Å²) in [5.74, 6) is -0.767. The largest absolute Gasteiger partial charge is 0.337 e. The SMILES string of the molecule is CCC[C@H]1C(=O)N(S(C)(=O)=O)[C@H]2CN(C(=O)C=CCN3CCCCC3)C[C@H]12. The van der Waals surface area contributed by atoms with Crippen LogP contribution >= 0.6 is 0 Å². The van der Waals surface area contributed by atoms with Gasteiger partial charge in [0.25, 0.3) is 0 Å². The first-order chi connectivity index (χ1) is 12.8. The van der Waals surface area contributed by atoms with E-state index in [9.17, 15) is 18.0 Å². The molecule has 0 aromatic carbocycles. The third kappa shape index (κ3) is 4.37. The summed E-state index contributed by atoms with van der Waals surface area (Å²) in [5, 5.41) is 0. The molecule has 0 saturated carbocycles. The van der Waals surface area contributed by atoms with Gasteiger partial charge in [-0.05, 0) is 32.4 Å². The molecule has 3 fully saturated rings. The van der Waals surface area contributed by atoms with Crippen LogP contribution in [0.3, 0.4) is 0 Å². The van der Waals surface area contributed by atoms with Crippen LogP contribution in [-0.4, -0.2) is 79.4 Å². The van der Waals surface area contributed by atoms with Gasteiger partial charge in [0.15, 0.2) is 0 Å². The average molecular weight is 398 g/mol. The molecule has 0 aromatic rings. The number of fused-ring (bicyclic) bond motifs is 1. The Morgan fingerprint density at radius 1 is 1.19 bits per heavy atom. The summed E-state index contributed by atoms with van der Waals surface area (Å²) in [6.07, 6.45) is 9.79. The molecule has 7 nitrogen and oxygen atoms in total. The average Bonchev–Trinajstić information content (AvgIpc) is 3.13. The predicted molar refractivity (Wildman–Crippen MR) is 103 cm³/mol. The zero-order valence-corrected chi connectivity index (χ0v) is 17.2. The Balaban J connectivity index is 1.64. The number of piperidine rings is 1. The van der Waals surface area contributed by atoms with Crippen molar-refractivity contribution >= 4 is 21.8 Å². The first-order valence-corrected chi connectivity index (χ1v) is 11.9. The van der Waals surface area contributed by atoms with Crippen molar-refractivity contribution in [1.29, 1.82) is 0 Å². The second-order valence-corrected chi connectivity index (χ2v) is 9.89. The Bertz CT molecular complexity index is 700. The van der Waals surface area contributed by atoms with Crippen molar-refractivity contribution in [2.24, 2.45) is 11.8 Å². The molecular formula is C19H31N3O4S. The van der Waals surface area contributed by atoms with Gasteiger partial charge in [-0.3, -0.25) is 14.5 Å². The molecule has 3 heterocycles. The number of hydrogen-bond acceptors (Lipinski definition) is 5. The molecule has 3 atom stereocenters. The number of rotatable bonds is 6. The van der Waals surface area contributed by atoms with Crippen LogP contribution in [0.25, 0.3) is 0 Å². The standard InChI is InChI=1S/C19H31N3O4S/c1-3-8-15-16-13-21(14-17(16)22(19(15)24)27(2,25)26)18(23)9-7-12-20-10-5-4-6-11-20/h7,9,15-17H,3-6,8,10-14H2,1-2H3/t15-,16-,17+/m1/s1. The van der Waals surface area contributed by atoms with Gasteiger partial charge in [0, 0.05) is 37.5 Å². The first-order valence-electron chi connectivity index (χ1n) is 10.0. The van der Waals surface area contributed by atoms with Crippen molar-refractivity contribution in [2.75, 3.05) is 39.0 Å². The van der Waals surface area contributed by atoms with Gasteiger partial charge < -0.3 is 4.90 Å². The minimum absolute atomic E-state index is 0.0856. The number of amides is 2. The molecule has 3 rings (SSSR count). The quantitative estimate of drug-likeness (QED) is 0.627. The van der Waals surface area contributed by atoms with Crippen molar-refractivity contribution in [3.05, 3.63) is 12.2 Å². The molecular weight excluding hydrogens is 366 g/mol. The van der Waals surface area contributed by atoms with E-state index in [1.54, 1.807) is 11.0 Å². The Hall–Kier alpha value is -1.41. The maximum atomic E-state index is 12.6. The van der Waals surface area contributed by atoms with E-state index in [0.717, 1.165) is 36.6 Å². The van der Waals surface area contributed by atoms with Crippen molar-refractivity contribution < 1.29 is 18.0 Å². The van der Waals surface area contributed by atoms with E-state index in [4.69, 9.17) is 0 Å². The second kappa shape index (κ2) is 8.31. The molecule has 3 saturated heterocycles. The van der Waals surface area contributed by atoms with E-state index in [0.29, 0.717) is 19.5 Å². The smallest absolute Gasteiger partial charge is 0.246 e. The summed E-state index contributed by atoms with van der Waals surface area (Å²) in [6.45, 7) is 5.69. The fraction of sp³-hybridized carbons (Fsp3) is 0.789. The molecule has 8 heteroatoms. The highest BCUT2D eigenvalue weighted by Gasteiger charge is 2.55. The van der Waals surface area contributed by atoms with Crippen LogP contribution in [0.5, 0.6) is 0 Å². The zero-order chi connectivity index (χ0) is 19.6. The maximum absolute atomic E-state index is 12.6. The lowest BCUT2D eigenvalue weighted by molar-refractivity contribution is -0.131. The van der Waals surface area contributed by atoms with Gasteiger partial charge in [-0.1, -0.05) is 25.8 Å². The van der Waals surface area contributed by atoms with Crippen LogP contribution in [0.2, 0.25) is 0 Å². The number of carbonyl (C=O) groups is 2. The molecule has 0 aliphatic carbocycles. The van der Waals surface area contributed by atoms with E-state index in [1.165, 1.54) is 19.3 Å². The van der Waals surface area contributed by atoms with Crippen LogP contribution < -0.4 is 0 Å². The van der Waals surface area contributed by atoms with E-state index in [-0.39, 0.29) is 23.7 Å². The van der Waals surface area contributed by atoms with E-state index in [2.05, 4.69) is 4.90 Å². The van der Waals surface area contributed by atoms with E-state index < -0.39 is 16.1 Å². The Morgan fingerprint density at radius 3 is 2.52 bits per heavy atom. The first kappa shape index (κ1) is 20.3. The number of hydrogen-bond donors (Lipinski definition) is 0. The van der Waals surface area contributed by atoms with Crippen molar-refractivity contribution in [2.45, 2.75) is 45.1 Å². The molecule has 0 unspecified atom stereocenters. The van der Waals surface area contributed by atoms with Crippen LogP contribution in [0.4, 0.5) is 0 Å². The Kier molecular flexibility index (Phi) is 6.25. The van der Waals surface area contributed by atoms with Gasteiger partial charge in [0.2, 0.25) is 21.8 Å². The minimum atomic E-state index is -3.62. The third-order valence-electron chi connectivity index (χ3n) is 6.03. The third-order valence-corrected chi connectivity index (χ3v) is 7.19. The summed E-state index contributed by atoms with van der Waals surface area (Å²) in [5.41, 5.74) is 0. The van der Waals surface area contributed by atoms with Gasteiger partial charge in [-0.2, -0.15) is 0 Å². The molecule has 0 bridgehead atoms. The molecule has 152 valence electrons. The van der Waals surface area contributed by atoms with E-state index >= 15 is 0 Å². The summed E-state index contributed by atoms with van der Waals surface area (Å²) >= 11 is 0. The topological polar surface area (TPSA) is 78.0 Å². The van der Waals surface area contributed by atoms with Crippen LogP contribution in [-0.2, 0) is 19.6 Å². The van der Waals surface area contributed by atoms with E-state index in [1.807, 2.05) is 13.0 Å². The number of likely N-dealkylation sites (tertiary alicyclic amines) is 2. The van der Waals surface area contributed by atoms with Gasteiger partial charge in [-0.25, -0.2) is 12.7 Å². The second-order valence-electron chi connectivity index (χ2n) is 8.03. The highest BCUT2D eigenvalue weighted by molar-refractivity contribution is 7.88. The lowest BCUT2D eigenvalue weighted by atomic mass is 9.89. The summed E-state index contributed by atoms with van der Waals surface area (Å²) < 4.78 is 25.3. The number of carbonyl (C=O) groups excluding carboxylic acids is 2. The van der Waals surface area contributed by atoms with Gasteiger partial charge >= 0.3 is 0 Å². The van der Waals surface area contributed by atoms with Gasteiger partial charge in [0.05, 0.1) is 12.3 Å². The summed E-state index contributed by atoms with van der Waals surface area (Å²) in [4.78, 5) is 29.2. The molecule has 2 amide bonds. The molecule has 3 aliphatic heterocycles. The fourth-order valence-electron chi connectivity index (χ4n) is 4.75. The van der Waals surface area contributed by atoms with Crippen LogP contribution in [0.1, 0.15) is 39.0 Å². The monoisotopic (exact) mass is 397 g/mol. The zero-order valence-electron chi connectivity index (χ0n) is 16.3. The number of nitrogens with zero attached hydrogens (tertiary/aromatic N) is 3. The Labute approximate surface area is 162 Å². The molecule has 0 N–H and O–H groups in total. The molecule has 3 aliphatic rings. The molecule has 27 heavy (non-hydrogen) atoms. The lowest BCUT2D eigenvalue weighted by Crippen LogP contribution is -2.42. The van der Waals surface area contributed by atoms with Crippen molar-refractivity contribution in [1.82, 2.24) is 14.1 Å². The molecule has 0 radical (unpaired) electrons. The summed E-state index contributed by atoms with van der Waals surface area (Å²) in [7, 11) is -3.62. The van der Waals surface area contributed by atoms with Crippen LogP contribution in [0, 0.1) is 11.8 Å². The minimum Gasteiger partial charge on any atom is -0.337 e. The highest BCUT2D eigenvalue weighted by atomic mass is 32.2. The van der Waals surface area contributed by atoms with Gasteiger partial charge in [-0.15, -0.1) is 0 Å². The summed E-state index contributed by atoms with van der Waals surface area (Å²) in [6, 6.07) is -0.413. The normalized spacial score (nSPS) is 29.7. The predicted octanol–water partition coefficient (Wildman–Crippen LogP) is 1.07. The van der Waals surface area contributed by atoms with Crippen molar-refractivity contribution in [3.8, 4) is 0 Å². The maximum Gasteiger partial charge on any atom is 0.246 e. The molecule has 0 spiro atoms.